The van der Waals surface area contributed by atoms with Crippen LogP contribution in [-0.4, -0.2) is 23.7 Å². The first kappa shape index (κ1) is 13.8. The summed E-state index contributed by atoms with van der Waals surface area (Å²) in [5, 5.41) is 13.9. The number of aliphatic carboxylic acids is 1. The van der Waals surface area contributed by atoms with E-state index in [1.54, 1.807) is 18.2 Å². The van der Waals surface area contributed by atoms with Crippen LogP contribution in [-0.2, 0) is 4.79 Å². The predicted molar refractivity (Wildman–Crippen MR) is 70.5 cm³/mol. The van der Waals surface area contributed by atoms with E-state index in [2.05, 4.69) is 10.6 Å². The highest BCUT2D eigenvalue weighted by atomic mass is 16.4. The molecule has 0 spiro atoms. The van der Waals surface area contributed by atoms with Crippen molar-refractivity contribution in [3.05, 3.63) is 35.4 Å². The van der Waals surface area contributed by atoms with Crippen molar-refractivity contribution >= 4 is 23.8 Å². The lowest BCUT2D eigenvalue weighted by Crippen LogP contribution is -2.28. The van der Waals surface area contributed by atoms with Crippen LogP contribution in [0.5, 0.6) is 0 Å². The average molecular weight is 248 g/mol. The molecule has 2 amide bonds. The molecule has 5 heteroatoms. The van der Waals surface area contributed by atoms with Gasteiger partial charge in [0, 0.05) is 18.3 Å². The molecule has 0 aliphatic rings. The summed E-state index contributed by atoms with van der Waals surface area (Å²) in [4.78, 5) is 21.7. The molecular weight excluding hydrogens is 232 g/mol. The van der Waals surface area contributed by atoms with Gasteiger partial charge in [0.2, 0.25) is 0 Å². The molecule has 18 heavy (non-hydrogen) atoms. The Balaban J connectivity index is 2.79. The second kappa shape index (κ2) is 6.44. The molecule has 0 radical (unpaired) electrons. The van der Waals surface area contributed by atoms with Gasteiger partial charge in [-0.3, -0.25) is 0 Å². The van der Waals surface area contributed by atoms with Gasteiger partial charge < -0.3 is 15.7 Å². The minimum absolute atomic E-state index is 0.255. The van der Waals surface area contributed by atoms with Crippen LogP contribution in [0, 0.1) is 6.92 Å². The number of carboxylic acid groups (broad SMARTS) is 1. The number of carbonyl (C=O) groups excluding carboxylic acids is 1. The van der Waals surface area contributed by atoms with E-state index < -0.39 is 5.97 Å². The molecule has 0 bridgehead atoms. The summed E-state index contributed by atoms with van der Waals surface area (Å²) in [6, 6.07) is 5.04. The number of nitrogens with one attached hydrogen (secondary N) is 2. The Labute approximate surface area is 106 Å². The van der Waals surface area contributed by atoms with Crippen molar-refractivity contribution in [2.75, 3.05) is 11.9 Å². The van der Waals surface area contributed by atoms with E-state index in [4.69, 9.17) is 5.11 Å². The second-order valence-electron chi connectivity index (χ2n) is 3.73. The minimum atomic E-state index is -0.989. The number of anilines is 1. The summed E-state index contributed by atoms with van der Waals surface area (Å²) in [7, 11) is 0. The first-order valence-corrected chi connectivity index (χ1v) is 5.59. The molecule has 96 valence electrons. The number of hydrogen-bond acceptors (Lipinski definition) is 2. The van der Waals surface area contributed by atoms with Crippen LogP contribution < -0.4 is 10.6 Å². The summed E-state index contributed by atoms with van der Waals surface area (Å²) in [6.45, 7) is 4.25. The van der Waals surface area contributed by atoms with Crippen LogP contribution >= 0.6 is 0 Å². The molecule has 1 aromatic rings. The molecule has 1 rings (SSSR count). The van der Waals surface area contributed by atoms with Crippen LogP contribution in [0.2, 0.25) is 0 Å². The van der Waals surface area contributed by atoms with Crippen molar-refractivity contribution < 1.29 is 14.7 Å². The predicted octanol–water partition coefficient (Wildman–Crippen LogP) is 2.23. The molecule has 0 aliphatic heterocycles. The Morgan fingerprint density at radius 2 is 2.11 bits per heavy atom. The third-order valence-electron chi connectivity index (χ3n) is 2.25. The highest BCUT2D eigenvalue weighted by Crippen LogP contribution is 2.17. The van der Waals surface area contributed by atoms with Crippen LogP contribution in [0.25, 0.3) is 6.08 Å². The molecule has 0 aliphatic carbocycles. The number of benzene rings is 1. The lowest BCUT2D eigenvalue weighted by Gasteiger charge is -2.09. The third-order valence-corrected chi connectivity index (χ3v) is 2.25. The molecule has 0 heterocycles. The molecule has 0 saturated carbocycles. The average Bonchev–Trinajstić information content (AvgIpc) is 2.30. The van der Waals surface area contributed by atoms with Crippen LogP contribution in [0.1, 0.15) is 18.1 Å². The largest absolute Gasteiger partial charge is 0.478 e. The van der Waals surface area contributed by atoms with Gasteiger partial charge in [0.15, 0.2) is 0 Å². The number of urea groups is 1. The second-order valence-corrected chi connectivity index (χ2v) is 3.73. The lowest BCUT2D eigenvalue weighted by molar-refractivity contribution is -0.131. The van der Waals surface area contributed by atoms with Gasteiger partial charge >= 0.3 is 12.0 Å². The van der Waals surface area contributed by atoms with Gasteiger partial charge in [-0.15, -0.1) is 0 Å². The molecule has 0 fully saturated rings. The molecule has 3 N–H and O–H groups in total. The fraction of sp³-hybridized carbons (Fsp3) is 0.231. The summed E-state index contributed by atoms with van der Waals surface area (Å²) < 4.78 is 0. The number of amides is 2. The van der Waals surface area contributed by atoms with Crippen molar-refractivity contribution in [1.82, 2.24) is 5.32 Å². The molecule has 0 saturated heterocycles. The first-order valence-electron chi connectivity index (χ1n) is 5.59. The Morgan fingerprint density at radius 1 is 1.39 bits per heavy atom. The van der Waals surface area contributed by atoms with Gasteiger partial charge in [-0.2, -0.15) is 0 Å². The summed E-state index contributed by atoms with van der Waals surface area (Å²) in [6.07, 6.45) is 2.58. The third kappa shape index (κ3) is 4.29. The zero-order valence-corrected chi connectivity index (χ0v) is 10.4. The zero-order chi connectivity index (χ0) is 13.5. The van der Waals surface area contributed by atoms with Gasteiger partial charge in [-0.1, -0.05) is 6.07 Å². The molecule has 5 nitrogen and oxygen atoms in total. The maximum absolute atomic E-state index is 11.4. The van der Waals surface area contributed by atoms with Gasteiger partial charge in [0.1, 0.15) is 0 Å². The normalized spacial score (nSPS) is 10.3. The maximum Gasteiger partial charge on any atom is 0.328 e. The number of rotatable bonds is 4. The van der Waals surface area contributed by atoms with Gasteiger partial charge in [0.05, 0.1) is 0 Å². The summed E-state index contributed by atoms with van der Waals surface area (Å²) in [5.41, 5.74) is 2.35. The first-order chi connectivity index (χ1) is 8.52. The standard InChI is InChI=1S/C13H16N2O3/c1-3-14-13(18)15-11-6-4-10(8-9(11)2)5-7-12(16)17/h4-8H,3H2,1-2H3,(H,16,17)(H2,14,15,18)/b7-5+. The molecular formula is C13H16N2O3. The number of hydrogen-bond donors (Lipinski definition) is 3. The minimum Gasteiger partial charge on any atom is -0.478 e. The van der Waals surface area contributed by atoms with E-state index in [1.165, 1.54) is 6.08 Å². The van der Waals surface area contributed by atoms with Crippen LogP contribution in [0.3, 0.4) is 0 Å². The van der Waals surface area contributed by atoms with Gasteiger partial charge in [-0.05, 0) is 43.2 Å². The van der Waals surface area contributed by atoms with E-state index in [0.717, 1.165) is 17.2 Å². The topological polar surface area (TPSA) is 78.4 Å². The fourth-order valence-corrected chi connectivity index (χ4v) is 1.43. The van der Waals surface area contributed by atoms with E-state index in [9.17, 15) is 9.59 Å². The van der Waals surface area contributed by atoms with Crippen molar-refractivity contribution in [2.45, 2.75) is 13.8 Å². The fourth-order valence-electron chi connectivity index (χ4n) is 1.43. The van der Waals surface area contributed by atoms with E-state index in [1.807, 2.05) is 13.8 Å². The maximum atomic E-state index is 11.4. The van der Waals surface area contributed by atoms with Crippen molar-refractivity contribution in [1.29, 1.82) is 0 Å². The Bertz CT molecular complexity index is 481. The van der Waals surface area contributed by atoms with Gasteiger partial charge in [0.25, 0.3) is 0 Å². The number of aryl methyl sites for hydroxylation is 1. The Hall–Kier alpha value is -2.30. The van der Waals surface area contributed by atoms with Crippen LogP contribution in [0.4, 0.5) is 10.5 Å². The summed E-state index contributed by atoms with van der Waals surface area (Å²) in [5.74, 6) is -0.989. The highest BCUT2D eigenvalue weighted by molar-refractivity contribution is 5.90. The van der Waals surface area contributed by atoms with Crippen molar-refractivity contribution in [3.63, 3.8) is 0 Å². The molecule has 0 unspecified atom stereocenters. The monoisotopic (exact) mass is 248 g/mol. The molecule has 1 aromatic carbocycles. The molecule has 0 atom stereocenters. The van der Waals surface area contributed by atoms with E-state index in [-0.39, 0.29) is 6.03 Å². The van der Waals surface area contributed by atoms with E-state index in [0.29, 0.717) is 12.2 Å². The number of carboxylic acids is 1. The quantitative estimate of drug-likeness (QED) is 0.715. The van der Waals surface area contributed by atoms with Gasteiger partial charge in [-0.25, -0.2) is 9.59 Å². The highest BCUT2D eigenvalue weighted by Gasteiger charge is 2.03. The SMILES string of the molecule is CCNC(=O)Nc1ccc(/C=C/C(=O)O)cc1C. The molecule has 0 aromatic heterocycles. The number of carbonyl (C=O) groups is 2. The van der Waals surface area contributed by atoms with Crippen molar-refractivity contribution in [2.24, 2.45) is 0 Å². The zero-order valence-electron chi connectivity index (χ0n) is 10.4. The summed E-state index contributed by atoms with van der Waals surface area (Å²) >= 11 is 0. The Kier molecular flexibility index (Phi) is 4.92. The van der Waals surface area contributed by atoms with E-state index >= 15 is 0 Å². The van der Waals surface area contributed by atoms with Crippen LogP contribution in [0.15, 0.2) is 24.3 Å². The lowest BCUT2D eigenvalue weighted by atomic mass is 10.1. The Morgan fingerprint density at radius 3 is 2.67 bits per heavy atom. The smallest absolute Gasteiger partial charge is 0.328 e. The van der Waals surface area contributed by atoms with Crippen molar-refractivity contribution in [3.8, 4) is 0 Å².